The van der Waals surface area contributed by atoms with Crippen LogP contribution in [0.4, 0.5) is 35.2 Å². The fourth-order valence-corrected chi connectivity index (χ4v) is 4.10. The summed E-state index contributed by atoms with van der Waals surface area (Å²) in [5, 5.41) is 12.1. The summed E-state index contributed by atoms with van der Waals surface area (Å²) in [4.78, 5) is 27.8. The molecule has 4 aromatic rings. The predicted molar refractivity (Wildman–Crippen MR) is 129 cm³/mol. The molecule has 3 heterocycles. The minimum absolute atomic E-state index is 0.0763. The number of nitrogens with zero attached hydrogens (tertiary/aromatic N) is 6. The molecule has 0 spiro atoms. The van der Waals surface area contributed by atoms with Gasteiger partial charge in [-0.15, -0.1) is 0 Å². The molecule has 1 aliphatic rings. The summed E-state index contributed by atoms with van der Waals surface area (Å²) in [6.07, 6.45) is -1.66. The van der Waals surface area contributed by atoms with E-state index in [2.05, 4.69) is 25.2 Å². The summed E-state index contributed by atoms with van der Waals surface area (Å²) >= 11 is 5.59. The van der Waals surface area contributed by atoms with Crippen LogP contribution in [0.5, 0.6) is 0 Å². The smallest absolute Gasteiger partial charge is 0.378 e. The van der Waals surface area contributed by atoms with Gasteiger partial charge in [0.25, 0.3) is 0 Å². The number of ether oxygens (including phenoxy) is 1. The number of aromatic nitrogens is 4. The maximum absolute atomic E-state index is 13.1. The van der Waals surface area contributed by atoms with Crippen LogP contribution in [0, 0.1) is 0 Å². The Morgan fingerprint density at radius 3 is 2.51 bits per heavy atom. The Morgan fingerprint density at radius 2 is 1.81 bits per heavy atom. The first kappa shape index (κ1) is 24.7. The molecule has 1 saturated heterocycles. The van der Waals surface area contributed by atoms with Crippen LogP contribution >= 0.6 is 11.6 Å². The van der Waals surface area contributed by atoms with Gasteiger partial charge in [0.1, 0.15) is 12.7 Å². The molecule has 2 aromatic carbocycles. The molecule has 0 aliphatic carbocycles. The lowest BCUT2D eigenvalue weighted by molar-refractivity contribution is -0.137. The van der Waals surface area contributed by atoms with E-state index in [0.29, 0.717) is 54.9 Å². The van der Waals surface area contributed by atoms with Crippen LogP contribution in [-0.2, 0) is 10.9 Å². The van der Waals surface area contributed by atoms with Crippen molar-refractivity contribution in [3.05, 3.63) is 65.7 Å². The van der Waals surface area contributed by atoms with Gasteiger partial charge in [0.05, 0.1) is 29.5 Å². The van der Waals surface area contributed by atoms with Crippen molar-refractivity contribution >= 4 is 46.0 Å². The topological polar surface area (TPSA) is 109 Å². The predicted octanol–water partition coefficient (Wildman–Crippen LogP) is 4.75. The number of hydrogen-bond acceptors (Lipinski definition) is 7. The number of halogens is 4. The molecule has 0 atom stereocenters. The number of benzene rings is 2. The van der Waals surface area contributed by atoms with E-state index in [4.69, 9.17) is 16.3 Å². The third-order valence-corrected chi connectivity index (χ3v) is 6.04. The third-order valence-electron chi connectivity index (χ3n) is 5.71. The monoisotopic (exact) mass is 533 g/mol. The lowest BCUT2D eigenvalue weighted by atomic mass is 10.2. The number of rotatable bonds is 4. The zero-order valence-electron chi connectivity index (χ0n) is 19.0. The number of nitrogens with one attached hydrogen (secondary N) is 1. The number of hydrogen-bond donors (Lipinski definition) is 2. The van der Waals surface area contributed by atoms with Crippen LogP contribution in [0.3, 0.4) is 0 Å². The van der Waals surface area contributed by atoms with Crippen LogP contribution in [-0.4, -0.2) is 57.1 Å². The van der Waals surface area contributed by atoms with Crippen molar-refractivity contribution in [2.45, 2.75) is 6.18 Å². The van der Waals surface area contributed by atoms with Crippen LogP contribution in [0.1, 0.15) is 5.56 Å². The zero-order chi connectivity index (χ0) is 26.2. The number of carbonyl (C=O) groups excluding carboxylic acids is 1. The number of anilines is 3. The van der Waals surface area contributed by atoms with Gasteiger partial charge in [0, 0.05) is 24.5 Å². The second kappa shape index (κ2) is 9.84. The van der Waals surface area contributed by atoms with Crippen LogP contribution in [0.2, 0.25) is 5.02 Å². The van der Waals surface area contributed by atoms with Gasteiger partial charge in [0.2, 0.25) is 0 Å². The Bertz CT molecular complexity index is 1440. The quantitative estimate of drug-likeness (QED) is 0.288. The number of amides is 2. The van der Waals surface area contributed by atoms with Crippen LogP contribution in [0.25, 0.3) is 16.9 Å². The Hall–Kier alpha value is -3.94. The number of urea groups is 1. The van der Waals surface area contributed by atoms with Crippen molar-refractivity contribution in [1.82, 2.24) is 19.5 Å². The first-order valence-electron chi connectivity index (χ1n) is 11.0. The molecule has 192 valence electrons. The third kappa shape index (κ3) is 5.01. The van der Waals surface area contributed by atoms with Crippen molar-refractivity contribution in [2.75, 3.05) is 41.6 Å². The number of carbonyl (C=O) groups is 1. The number of morpholine rings is 1. The highest BCUT2D eigenvalue weighted by molar-refractivity contribution is 6.31. The second-order valence-electron chi connectivity index (χ2n) is 8.03. The maximum atomic E-state index is 13.1. The normalized spacial score (nSPS) is 14.1. The van der Waals surface area contributed by atoms with Crippen molar-refractivity contribution in [3.8, 4) is 5.69 Å². The molecule has 2 N–H and O–H groups in total. The average molecular weight is 534 g/mol. The molecular weight excluding hydrogens is 515 g/mol. The van der Waals surface area contributed by atoms with Gasteiger partial charge >= 0.3 is 12.2 Å². The van der Waals surface area contributed by atoms with E-state index in [1.807, 2.05) is 0 Å². The van der Waals surface area contributed by atoms with Gasteiger partial charge < -0.3 is 15.0 Å². The van der Waals surface area contributed by atoms with Crippen molar-refractivity contribution < 1.29 is 27.9 Å². The number of alkyl halides is 3. The molecule has 37 heavy (non-hydrogen) atoms. The van der Waals surface area contributed by atoms with E-state index in [1.165, 1.54) is 6.33 Å². The summed E-state index contributed by atoms with van der Waals surface area (Å²) < 4.78 is 46.5. The lowest BCUT2D eigenvalue weighted by Crippen LogP contribution is -2.36. The number of fused-ring (bicyclic) bond motifs is 1. The van der Waals surface area contributed by atoms with Gasteiger partial charge in [-0.2, -0.15) is 18.2 Å². The largest absolute Gasteiger partial charge is 0.417 e. The van der Waals surface area contributed by atoms with E-state index in [-0.39, 0.29) is 5.06 Å². The zero-order valence-corrected chi connectivity index (χ0v) is 19.7. The van der Waals surface area contributed by atoms with Gasteiger partial charge in [-0.25, -0.2) is 19.7 Å². The van der Waals surface area contributed by atoms with E-state index >= 15 is 0 Å². The van der Waals surface area contributed by atoms with Gasteiger partial charge in [-0.05, 0) is 42.5 Å². The summed E-state index contributed by atoms with van der Waals surface area (Å²) in [6, 6.07) is 8.10. The fourth-order valence-electron chi connectivity index (χ4n) is 3.88. The minimum atomic E-state index is -4.74. The second-order valence-corrected chi connectivity index (χ2v) is 8.44. The maximum Gasteiger partial charge on any atom is 0.417 e. The molecule has 0 unspecified atom stereocenters. The van der Waals surface area contributed by atoms with Crippen molar-refractivity contribution in [2.24, 2.45) is 0 Å². The molecule has 1 aliphatic heterocycles. The van der Waals surface area contributed by atoms with E-state index < -0.39 is 28.5 Å². The molecule has 1 fully saturated rings. The van der Waals surface area contributed by atoms with Gasteiger partial charge in [-0.1, -0.05) is 11.6 Å². The fraction of sp³-hybridized carbons (Fsp3) is 0.217. The first-order chi connectivity index (χ1) is 17.7. The molecule has 2 aromatic heterocycles. The van der Waals surface area contributed by atoms with E-state index in [1.54, 1.807) is 35.2 Å². The molecule has 2 amide bonds. The first-order valence-corrected chi connectivity index (χ1v) is 11.4. The Kier molecular flexibility index (Phi) is 6.58. The van der Waals surface area contributed by atoms with Gasteiger partial charge in [0.15, 0.2) is 17.0 Å². The molecule has 14 heteroatoms. The summed E-state index contributed by atoms with van der Waals surface area (Å²) in [5.74, 6) is 0.717. The average Bonchev–Trinajstić information content (AvgIpc) is 3.33. The molecular formula is C23H19ClF3N7O3. The Labute approximate surface area is 212 Å². The summed E-state index contributed by atoms with van der Waals surface area (Å²) in [5.41, 5.74) is 0.658. The van der Waals surface area contributed by atoms with Crippen molar-refractivity contribution in [3.63, 3.8) is 0 Å². The van der Waals surface area contributed by atoms with Crippen LogP contribution in [0.15, 0.2) is 55.1 Å². The number of hydroxylamine groups is 1. The standard InChI is InChI=1S/C23H19ClF3N7O3/c24-18-6-5-16(11-17(18)23(25,26)27)34(36)22(35)31-14-1-3-15(4-2-14)33-13-30-19-20(28-12-29-21(19)33)32-7-9-37-10-8-32/h1-6,11-13,36H,7-10H2,(H,31,35). The van der Waals surface area contributed by atoms with Gasteiger partial charge in [-0.3, -0.25) is 9.77 Å². The highest BCUT2D eigenvalue weighted by Crippen LogP contribution is 2.37. The lowest BCUT2D eigenvalue weighted by Gasteiger charge is -2.27. The van der Waals surface area contributed by atoms with Crippen molar-refractivity contribution in [1.29, 1.82) is 0 Å². The number of imidazole rings is 1. The SMILES string of the molecule is O=C(Nc1ccc(-n2cnc3c(N4CCOCC4)ncnc32)cc1)N(O)c1ccc(Cl)c(C(F)(F)F)c1. The van der Waals surface area contributed by atoms with E-state index in [0.717, 1.165) is 18.0 Å². The van der Waals surface area contributed by atoms with Crippen LogP contribution < -0.4 is 15.3 Å². The Morgan fingerprint density at radius 1 is 1.08 bits per heavy atom. The molecule has 0 radical (unpaired) electrons. The minimum Gasteiger partial charge on any atom is -0.378 e. The van der Waals surface area contributed by atoms with E-state index in [9.17, 15) is 23.2 Å². The highest BCUT2D eigenvalue weighted by Gasteiger charge is 2.34. The Balaban J connectivity index is 1.33. The summed E-state index contributed by atoms with van der Waals surface area (Å²) in [7, 11) is 0. The summed E-state index contributed by atoms with van der Waals surface area (Å²) in [6.45, 7) is 2.60. The molecule has 0 bridgehead atoms. The molecule has 5 rings (SSSR count). The highest BCUT2D eigenvalue weighted by atomic mass is 35.5. The molecule has 10 nitrogen and oxygen atoms in total. The molecule has 0 saturated carbocycles.